The van der Waals surface area contributed by atoms with Gasteiger partial charge in [-0.2, -0.15) is 25.5 Å². The lowest BCUT2D eigenvalue weighted by Gasteiger charge is -2.37. The lowest BCUT2D eigenvalue weighted by Crippen LogP contribution is -2.47. The van der Waals surface area contributed by atoms with Gasteiger partial charge in [-0.15, -0.1) is 0 Å². The molecule has 5 aliphatic rings. The predicted octanol–water partition coefficient (Wildman–Crippen LogP) is 18.7. The molecule has 15 rings (SSSR count). The molecule has 0 aliphatic carbocycles. The van der Waals surface area contributed by atoms with Gasteiger partial charge in [-0.05, 0) is 235 Å². The van der Waals surface area contributed by atoms with Crippen molar-refractivity contribution < 1.29 is 75.1 Å². The molecule has 0 saturated carbocycles. The normalized spacial score (nSPS) is 19.8. The van der Waals surface area contributed by atoms with Gasteiger partial charge in [0.1, 0.15) is 114 Å². The molecule has 0 saturated heterocycles. The number of carbonyl (C=O) groups excluding carboxylic acids is 5. The zero-order chi connectivity index (χ0) is 105. The van der Waals surface area contributed by atoms with Gasteiger partial charge in [-0.3, -0.25) is 24.0 Å². The number of halogens is 7. The van der Waals surface area contributed by atoms with Crippen LogP contribution >= 0.6 is 58.8 Å². The summed E-state index contributed by atoms with van der Waals surface area (Å²) in [4.78, 5) is 60.9. The largest absolute Gasteiger partial charge is 0.508 e. The van der Waals surface area contributed by atoms with Gasteiger partial charge in [0, 0.05) is 39.8 Å². The number of aliphatic hydroxyl groups excluding tert-OH is 3. The number of rotatable bonds is 34. The molecule has 25 nitrogen and oxygen atoms in total. The van der Waals surface area contributed by atoms with Crippen molar-refractivity contribution >= 4 is 114 Å². The van der Waals surface area contributed by atoms with Crippen molar-refractivity contribution in [3.63, 3.8) is 0 Å². The second-order valence-electron chi connectivity index (χ2n) is 36.3. The number of nitrogens with two attached hydrogens (primary N) is 5. The number of amides is 5. The lowest BCUT2D eigenvalue weighted by molar-refractivity contribution is -0.146. The van der Waals surface area contributed by atoms with Gasteiger partial charge in [-0.1, -0.05) is 284 Å². The SMILES string of the molecule is CC(C)NCCCC1(c2ccccc2)SC(c2cccc(F)c2)=NN1C(=O)C(C)C.CC(C)[C@H](O)C(=O)N1N=C(c2cccc(F)c2)SC1(CCCN)c1ccccc1.CC(C)[C@H](O)C(=O)N1N=C(c2cccc(F)c2)SC1(CCCN)c1ccccc1.CC(N)C(=O)N1N=C(c2cc(F)ccc2F)SC1(CCCN)c1ccccc1.C[C@H](O)C(=O)N1N=C(c2cc(F)ccc2F)SC1(CCCN)c1cccc(O)c1. The van der Waals surface area contributed by atoms with E-state index in [9.17, 15) is 75.1 Å². The standard InChI is InChI=1S/C24H30FN3OS.2C22H26FN3O2S.C20H22F2N4OS.C20H21F2N3O3S/c1-17(2)23(29)28-24(14-9-15-26-18(3)4,20-11-6-5-7-12-20)30-22(27-28)19-10-8-13-21(25)16-19;2*1-15(2)19(27)21(28)26-22(12-7-13-24,17-9-4-3-5-10-17)29-20(25-26)16-8-6-11-18(23)14-16;1-13(24)19(27)26-20(10-5-11-23,14-6-3-2-4-7-14)28-18(25-26)16-12-15(21)8-9-17(16)22;1-12(26)19(28)25-20(8-3-9-23,13-4-2-5-15(27)10-13)29-18(24-25)16-11-14(21)6-7-17(16)22/h5-8,10-13,16-18,26H,9,14-15H2,1-4H3;2*3-6,8-11,14-15,19,27H,7,12-13,24H2,1-2H3;2-4,6-9,12-13H,5,10-11,23-24H2,1H3;2,4-7,10-12,26-27H,3,8-9,23H2,1H3/t;2*19-,22?;;12-,20?/m.00.0/s1. The predicted molar refractivity (Wildman–Crippen MR) is 566 cm³/mol. The van der Waals surface area contributed by atoms with Gasteiger partial charge in [0.25, 0.3) is 23.6 Å². The summed E-state index contributed by atoms with van der Waals surface area (Å²) in [5.74, 6) is -6.39. The summed E-state index contributed by atoms with van der Waals surface area (Å²) in [7, 11) is 0. The first kappa shape index (κ1) is 114. The Morgan fingerprint density at radius 3 is 0.910 bits per heavy atom. The van der Waals surface area contributed by atoms with Crippen LogP contribution in [0.5, 0.6) is 5.75 Å². The van der Waals surface area contributed by atoms with E-state index < -0.39 is 95.6 Å². The van der Waals surface area contributed by atoms with Crippen LogP contribution in [-0.4, -0.2) is 163 Å². The number of hydrogen-bond acceptors (Lipinski definition) is 25. The molecule has 9 atom stereocenters. The van der Waals surface area contributed by atoms with Gasteiger partial charge in [-0.25, -0.2) is 55.8 Å². The van der Waals surface area contributed by atoms with Crippen LogP contribution in [-0.2, 0) is 48.3 Å². The fourth-order valence-electron chi connectivity index (χ4n) is 16.3. The zero-order valence-electron chi connectivity index (χ0n) is 82.4. The fraction of sp³-hybridized carbons (Fsp3) is 0.352. The Morgan fingerprint density at radius 1 is 0.331 bits per heavy atom. The third-order valence-electron chi connectivity index (χ3n) is 23.9. The summed E-state index contributed by atoms with van der Waals surface area (Å²) in [5.41, 5.74) is 34.8. The fourth-order valence-corrected chi connectivity index (χ4v) is 23.4. The summed E-state index contributed by atoms with van der Waals surface area (Å²) in [6, 6.07) is 69.3. The molecule has 10 aromatic carbocycles. The smallest absolute Gasteiger partial charge is 0.273 e. The van der Waals surface area contributed by atoms with Crippen LogP contribution in [0.15, 0.2) is 280 Å². The van der Waals surface area contributed by atoms with Crippen LogP contribution in [0, 0.1) is 58.5 Å². The van der Waals surface area contributed by atoms with Crippen LogP contribution < -0.4 is 34.0 Å². The average molecular weight is 2080 g/mol. The minimum absolute atomic E-state index is 0.0121. The van der Waals surface area contributed by atoms with Gasteiger partial charge in [0.2, 0.25) is 5.91 Å². The third-order valence-corrected chi connectivity index (χ3v) is 31.2. The molecule has 770 valence electrons. The number of nitrogens with one attached hydrogen (secondary N) is 1. The lowest BCUT2D eigenvalue weighted by atomic mass is 9.98. The third kappa shape index (κ3) is 27.3. The van der Waals surface area contributed by atoms with E-state index in [1.807, 2.05) is 141 Å². The van der Waals surface area contributed by atoms with Crippen molar-refractivity contribution in [3.05, 3.63) is 351 Å². The maximum Gasteiger partial charge on any atom is 0.273 e. The van der Waals surface area contributed by atoms with Crippen LogP contribution in [0.2, 0.25) is 0 Å². The molecule has 0 bridgehead atoms. The molecule has 5 amide bonds. The first-order chi connectivity index (χ1) is 69.3. The second-order valence-corrected chi connectivity index (χ2v) is 42.6. The minimum Gasteiger partial charge on any atom is -0.508 e. The maximum absolute atomic E-state index is 14.4. The molecule has 6 unspecified atom stereocenters. The summed E-state index contributed by atoms with van der Waals surface area (Å²) >= 11 is 6.63. The number of thioether (sulfide) groups is 5. The van der Waals surface area contributed by atoms with E-state index in [4.69, 9.17) is 33.8 Å². The van der Waals surface area contributed by atoms with Crippen LogP contribution in [0.4, 0.5) is 30.7 Å². The first-order valence-corrected chi connectivity index (χ1v) is 52.0. The Bertz CT molecular complexity index is 6110. The number of nitrogens with zero attached hydrogens (tertiary/aromatic N) is 10. The van der Waals surface area contributed by atoms with Crippen molar-refractivity contribution in [3.8, 4) is 5.75 Å². The molecule has 37 heteroatoms. The summed E-state index contributed by atoms with van der Waals surface area (Å²) < 4.78 is 97.9. The van der Waals surface area contributed by atoms with Gasteiger partial charge >= 0.3 is 0 Å². The van der Waals surface area contributed by atoms with E-state index in [0.29, 0.717) is 121 Å². The summed E-state index contributed by atoms with van der Waals surface area (Å²) in [6.07, 6.45) is 2.21. The van der Waals surface area contributed by atoms with E-state index in [-0.39, 0.29) is 68.1 Å². The molecular formula is C108H125F7N16O9S5. The maximum atomic E-state index is 14.4. The number of phenols is 1. The number of carbonyl (C=O) groups is 5. The molecule has 15 N–H and O–H groups in total. The molecule has 145 heavy (non-hydrogen) atoms. The van der Waals surface area contributed by atoms with E-state index in [2.05, 4.69) is 39.6 Å². The van der Waals surface area contributed by atoms with E-state index >= 15 is 0 Å². The topological polar surface area (TPSA) is 386 Å². The molecule has 5 aliphatic heterocycles. The molecule has 0 radical (unpaired) electrons. The molecule has 10 aromatic rings. The van der Waals surface area contributed by atoms with Crippen LogP contribution in [0.25, 0.3) is 0 Å². The van der Waals surface area contributed by atoms with Crippen molar-refractivity contribution in [1.82, 2.24) is 30.4 Å². The van der Waals surface area contributed by atoms with Crippen LogP contribution in [0.3, 0.4) is 0 Å². The highest BCUT2D eigenvalue weighted by molar-refractivity contribution is 8.16. The highest BCUT2D eigenvalue weighted by Crippen LogP contribution is 2.57. The average Bonchev–Trinajstić information content (AvgIpc) is 1.62. The molecular weight excluding hydrogens is 1960 g/mol. The monoisotopic (exact) mass is 2080 g/mol. The Morgan fingerprint density at radius 2 is 0.614 bits per heavy atom. The number of aromatic hydroxyl groups is 1. The van der Waals surface area contributed by atoms with Crippen molar-refractivity contribution in [2.24, 2.45) is 71.9 Å². The highest BCUT2D eigenvalue weighted by atomic mass is 32.2. The molecule has 0 fully saturated rings. The molecule has 0 aromatic heterocycles. The number of hydrazone groups is 5. The zero-order valence-corrected chi connectivity index (χ0v) is 86.4. The Hall–Kier alpha value is -11.4. The van der Waals surface area contributed by atoms with Gasteiger partial charge in [0.15, 0.2) is 0 Å². The number of aliphatic hydroxyl groups is 3. The molecule has 5 heterocycles. The Balaban J connectivity index is 0.000000173. The number of benzene rings is 10. The quantitative estimate of drug-likeness (QED) is 0.0132. The second kappa shape index (κ2) is 52.3. The Kier molecular flexibility index (Phi) is 41.1. The van der Waals surface area contributed by atoms with Crippen LogP contribution in [0.1, 0.15) is 189 Å². The van der Waals surface area contributed by atoms with E-state index in [0.717, 1.165) is 94.8 Å². The Labute approximate surface area is 863 Å². The van der Waals surface area contributed by atoms with E-state index in [1.165, 1.54) is 106 Å². The first-order valence-electron chi connectivity index (χ1n) is 47.9. The van der Waals surface area contributed by atoms with Crippen molar-refractivity contribution in [2.45, 2.75) is 188 Å². The minimum atomic E-state index is -1.37. The van der Waals surface area contributed by atoms with Crippen molar-refractivity contribution in [1.29, 1.82) is 0 Å². The van der Waals surface area contributed by atoms with E-state index in [1.54, 1.807) is 93.9 Å². The van der Waals surface area contributed by atoms with Gasteiger partial charge < -0.3 is 54.4 Å². The number of phenolic OH excluding ortho intramolecular Hbond substituents is 1. The number of hydrogen-bond donors (Lipinski definition) is 10. The highest BCUT2D eigenvalue weighted by Gasteiger charge is 2.55. The van der Waals surface area contributed by atoms with Crippen molar-refractivity contribution in [2.75, 3.05) is 32.7 Å². The van der Waals surface area contributed by atoms with Gasteiger partial charge in [0.05, 0.1) is 6.04 Å². The molecule has 0 spiro atoms. The summed E-state index contributed by atoms with van der Waals surface area (Å²) in [5, 5.41) is 75.8. The summed E-state index contributed by atoms with van der Waals surface area (Å²) in [6.45, 7) is 20.5.